The number of hydrogen-bond acceptors (Lipinski definition) is 7. The van der Waals surface area contributed by atoms with Gasteiger partial charge >= 0.3 is 12.1 Å². The fourth-order valence-electron chi connectivity index (χ4n) is 4.32. The number of aromatic nitrogens is 1. The zero-order valence-corrected chi connectivity index (χ0v) is 18.8. The summed E-state index contributed by atoms with van der Waals surface area (Å²) in [7, 11) is 0. The second kappa shape index (κ2) is 8.88. The van der Waals surface area contributed by atoms with Crippen LogP contribution in [0.4, 0.5) is 9.93 Å². The maximum atomic E-state index is 12.5. The van der Waals surface area contributed by atoms with Crippen molar-refractivity contribution in [1.29, 1.82) is 0 Å². The number of anilines is 1. The third kappa shape index (κ3) is 4.02. The minimum atomic E-state index is -1.47. The number of nitrogens with zero attached hydrogens (tertiary/aromatic N) is 1. The standard InChI is InChI=1S/C24H21N3O6S/c28-20(27-24(21(29)30)9-10-32-13-24)19-12-34-22(25-19)26-23(31)33-11-18-16-7-3-1-5-14(16)15-6-2-4-8-17(15)18/h1-8,12,18H,9-11,13H2,(H,27,28)(H,29,30)(H,25,26,31). The summed E-state index contributed by atoms with van der Waals surface area (Å²) in [5, 5.41) is 16.1. The first-order valence-corrected chi connectivity index (χ1v) is 11.6. The molecule has 10 heteroatoms. The summed E-state index contributed by atoms with van der Waals surface area (Å²) in [4.78, 5) is 40.6. The lowest BCUT2D eigenvalue weighted by Gasteiger charge is -2.22. The number of thiazole rings is 1. The van der Waals surface area contributed by atoms with E-state index in [0.29, 0.717) is 0 Å². The van der Waals surface area contributed by atoms with Crippen molar-refractivity contribution in [2.45, 2.75) is 17.9 Å². The van der Waals surface area contributed by atoms with Gasteiger partial charge in [0, 0.05) is 24.3 Å². The molecule has 1 unspecified atom stereocenters. The summed E-state index contributed by atoms with van der Waals surface area (Å²) < 4.78 is 10.6. The molecule has 0 saturated carbocycles. The second-order valence-electron chi connectivity index (χ2n) is 8.13. The zero-order valence-electron chi connectivity index (χ0n) is 17.9. The Hall–Kier alpha value is -3.76. The Morgan fingerprint density at radius 1 is 1.12 bits per heavy atom. The normalized spacial score (nSPS) is 18.7. The second-order valence-corrected chi connectivity index (χ2v) is 8.99. The van der Waals surface area contributed by atoms with Gasteiger partial charge in [-0.25, -0.2) is 14.6 Å². The van der Waals surface area contributed by atoms with E-state index in [4.69, 9.17) is 9.47 Å². The summed E-state index contributed by atoms with van der Waals surface area (Å²) in [6, 6.07) is 16.1. The molecule has 0 radical (unpaired) electrons. The van der Waals surface area contributed by atoms with Crippen LogP contribution < -0.4 is 10.6 Å². The first-order chi connectivity index (χ1) is 16.5. The highest BCUT2D eigenvalue weighted by atomic mass is 32.1. The molecule has 2 aliphatic rings. The van der Waals surface area contributed by atoms with E-state index in [1.165, 1.54) is 5.38 Å². The number of ether oxygens (including phenoxy) is 2. The molecule has 1 aliphatic carbocycles. The van der Waals surface area contributed by atoms with Crippen molar-refractivity contribution >= 4 is 34.4 Å². The van der Waals surface area contributed by atoms with Crippen molar-refractivity contribution in [3.05, 3.63) is 70.7 Å². The lowest BCUT2D eigenvalue weighted by atomic mass is 9.98. The van der Waals surface area contributed by atoms with Crippen LogP contribution in [0.2, 0.25) is 0 Å². The molecular weight excluding hydrogens is 458 g/mol. The zero-order chi connectivity index (χ0) is 23.7. The Morgan fingerprint density at radius 3 is 2.41 bits per heavy atom. The lowest BCUT2D eigenvalue weighted by molar-refractivity contribution is -0.144. The van der Waals surface area contributed by atoms with Gasteiger partial charge in [0.05, 0.1) is 6.61 Å². The van der Waals surface area contributed by atoms with Gasteiger partial charge in [0.1, 0.15) is 12.3 Å². The van der Waals surface area contributed by atoms with Crippen LogP contribution in [0.1, 0.15) is 34.0 Å². The van der Waals surface area contributed by atoms with Crippen LogP contribution in [0.25, 0.3) is 11.1 Å². The van der Waals surface area contributed by atoms with Gasteiger partial charge in [-0.1, -0.05) is 48.5 Å². The highest BCUT2D eigenvalue weighted by molar-refractivity contribution is 7.14. The molecule has 5 rings (SSSR count). The van der Waals surface area contributed by atoms with E-state index >= 15 is 0 Å². The van der Waals surface area contributed by atoms with Gasteiger partial charge in [-0.05, 0) is 22.3 Å². The molecule has 2 amide bonds. The van der Waals surface area contributed by atoms with E-state index in [0.717, 1.165) is 33.6 Å². The molecule has 1 atom stereocenters. The van der Waals surface area contributed by atoms with Crippen LogP contribution in [0.3, 0.4) is 0 Å². The topological polar surface area (TPSA) is 127 Å². The number of rotatable bonds is 6. The molecular formula is C24H21N3O6S. The average molecular weight is 480 g/mol. The molecule has 34 heavy (non-hydrogen) atoms. The number of fused-ring (bicyclic) bond motifs is 3. The first kappa shape index (κ1) is 22.1. The number of carboxylic acid groups (broad SMARTS) is 1. The van der Waals surface area contributed by atoms with Gasteiger partial charge < -0.3 is 19.9 Å². The van der Waals surface area contributed by atoms with Crippen molar-refractivity contribution in [3.63, 3.8) is 0 Å². The van der Waals surface area contributed by atoms with Crippen LogP contribution >= 0.6 is 11.3 Å². The fourth-order valence-corrected chi connectivity index (χ4v) is 5.00. The first-order valence-electron chi connectivity index (χ1n) is 10.7. The molecule has 3 aromatic rings. The molecule has 0 bridgehead atoms. The maximum absolute atomic E-state index is 12.5. The van der Waals surface area contributed by atoms with Crippen molar-refractivity contribution in [2.24, 2.45) is 0 Å². The van der Waals surface area contributed by atoms with Crippen LogP contribution in [0.15, 0.2) is 53.9 Å². The monoisotopic (exact) mass is 479 g/mol. The predicted octanol–water partition coefficient (Wildman–Crippen LogP) is 3.48. The Morgan fingerprint density at radius 2 is 1.79 bits per heavy atom. The molecule has 1 saturated heterocycles. The molecule has 1 fully saturated rings. The van der Waals surface area contributed by atoms with Gasteiger partial charge in [0.15, 0.2) is 10.7 Å². The molecule has 1 aromatic heterocycles. The SMILES string of the molecule is O=C(Nc1nc(C(=O)NC2(C(=O)O)CCOC2)cs1)OCC1c2ccccc2-c2ccccc21. The minimum absolute atomic E-state index is 0.00599. The van der Waals surface area contributed by atoms with Gasteiger partial charge in [0.2, 0.25) is 0 Å². The Bertz CT molecular complexity index is 1220. The number of benzene rings is 2. The average Bonchev–Trinajstić information content (AvgIpc) is 3.56. The van der Waals surface area contributed by atoms with Gasteiger partial charge in [-0.2, -0.15) is 0 Å². The van der Waals surface area contributed by atoms with E-state index in [1.807, 2.05) is 36.4 Å². The third-order valence-electron chi connectivity index (χ3n) is 6.07. The van der Waals surface area contributed by atoms with Crippen LogP contribution in [-0.2, 0) is 14.3 Å². The van der Waals surface area contributed by atoms with Gasteiger partial charge in [0.25, 0.3) is 5.91 Å². The minimum Gasteiger partial charge on any atom is -0.479 e. The van der Waals surface area contributed by atoms with E-state index in [9.17, 15) is 19.5 Å². The summed E-state index contributed by atoms with van der Waals surface area (Å²) in [5.41, 5.74) is 3.01. The van der Waals surface area contributed by atoms with E-state index < -0.39 is 23.5 Å². The van der Waals surface area contributed by atoms with Crippen molar-refractivity contribution in [3.8, 4) is 11.1 Å². The molecule has 0 spiro atoms. The summed E-state index contributed by atoms with van der Waals surface area (Å²) in [5.74, 6) is -1.88. The third-order valence-corrected chi connectivity index (χ3v) is 6.83. The highest BCUT2D eigenvalue weighted by Crippen LogP contribution is 2.44. The van der Waals surface area contributed by atoms with E-state index in [1.54, 1.807) is 0 Å². The molecule has 2 heterocycles. The number of amides is 2. The molecule has 1 aliphatic heterocycles. The lowest BCUT2D eigenvalue weighted by Crippen LogP contribution is -2.55. The molecule has 2 aromatic carbocycles. The predicted molar refractivity (Wildman–Crippen MR) is 124 cm³/mol. The van der Waals surface area contributed by atoms with E-state index in [2.05, 4.69) is 27.8 Å². The van der Waals surface area contributed by atoms with Crippen molar-refractivity contribution in [1.82, 2.24) is 10.3 Å². The number of hydrogen-bond donors (Lipinski definition) is 3. The smallest absolute Gasteiger partial charge is 0.413 e. The van der Waals surface area contributed by atoms with Crippen LogP contribution in [-0.4, -0.2) is 53.4 Å². The number of nitrogens with one attached hydrogen (secondary N) is 2. The fraction of sp³-hybridized carbons (Fsp3) is 0.250. The number of aliphatic carboxylic acids is 1. The Labute approximate surface area is 198 Å². The number of carboxylic acids is 1. The molecule has 174 valence electrons. The highest BCUT2D eigenvalue weighted by Gasteiger charge is 2.44. The summed E-state index contributed by atoms with van der Waals surface area (Å²) >= 11 is 1.04. The number of carbonyl (C=O) groups excluding carboxylic acids is 2. The Kier molecular flexibility index (Phi) is 5.76. The van der Waals surface area contributed by atoms with Gasteiger partial charge in [-0.3, -0.25) is 10.1 Å². The Balaban J connectivity index is 1.21. The van der Waals surface area contributed by atoms with Crippen molar-refractivity contribution < 1.29 is 29.0 Å². The van der Waals surface area contributed by atoms with Crippen molar-refractivity contribution in [2.75, 3.05) is 25.1 Å². The summed E-state index contributed by atoms with van der Waals surface area (Å²) in [6.07, 6.45) is -0.516. The van der Waals surface area contributed by atoms with Gasteiger partial charge in [-0.15, -0.1) is 11.3 Å². The summed E-state index contributed by atoms with van der Waals surface area (Å²) in [6.45, 7) is 0.293. The largest absolute Gasteiger partial charge is 0.479 e. The van der Waals surface area contributed by atoms with Crippen LogP contribution in [0, 0.1) is 0 Å². The molecule has 9 nitrogen and oxygen atoms in total. The van der Waals surface area contributed by atoms with Crippen LogP contribution in [0.5, 0.6) is 0 Å². The number of carbonyl (C=O) groups is 3. The van der Waals surface area contributed by atoms with E-state index in [-0.39, 0.29) is 43.0 Å². The molecule has 3 N–H and O–H groups in total. The maximum Gasteiger partial charge on any atom is 0.413 e. The quantitative estimate of drug-likeness (QED) is 0.494.